The SMILES string of the molecule is C=Cc1c2[n-]c(c1C)/C=C1\[N-]C(C3=c4[n-]/c(c(C)c4C(=O)[C@@H]3C(=O)OC)=C\c3[n-]c(/c(=C\O)c3CC)=C\2)[C@@H](CCC(=O)OCCC(C)CCC[C@@H](C)CCCC(C)C)[C@@H]1C.[Mg+2]. The van der Waals surface area contributed by atoms with E-state index < -0.39 is 17.9 Å². The number of ketones is 1. The molecule has 11 heteroatoms. The number of hydrogen-bond acceptors (Lipinski definition) is 6. The molecule has 6 atom stereocenters. The molecule has 1 fully saturated rings. The molecule has 6 rings (SSSR count). The van der Waals surface area contributed by atoms with Crippen molar-refractivity contribution in [2.24, 2.45) is 35.5 Å². The van der Waals surface area contributed by atoms with Crippen LogP contribution in [0.25, 0.3) is 41.5 Å². The van der Waals surface area contributed by atoms with E-state index in [1.165, 1.54) is 39.2 Å². The number of aliphatic hydroxyl groups excluding tert-OH is 1. The van der Waals surface area contributed by atoms with Gasteiger partial charge in [0.25, 0.3) is 0 Å². The van der Waals surface area contributed by atoms with E-state index in [0.29, 0.717) is 80.4 Å². The quantitative estimate of drug-likeness (QED) is 0.0923. The number of ether oxygens (including phenoxy) is 2. The minimum atomic E-state index is -1.21. The fourth-order valence-electron chi connectivity index (χ4n) is 9.56. The summed E-state index contributed by atoms with van der Waals surface area (Å²) in [7, 11) is 1.29. The third-order valence-electron chi connectivity index (χ3n) is 13.3. The molecule has 2 aliphatic heterocycles. The number of Topliss-reactive ketones (excluding diaryl/α,β-unsaturated/α-hetero) is 1. The Bertz CT molecular complexity index is 2400. The largest absolute Gasteiger partial charge is 2.00 e. The van der Waals surface area contributed by atoms with E-state index in [1.807, 2.05) is 39.0 Å². The summed E-state index contributed by atoms with van der Waals surface area (Å²) in [5.41, 5.74) is 6.81. The summed E-state index contributed by atoms with van der Waals surface area (Å²) in [6, 6.07) is -0.637. The van der Waals surface area contributed by atoms with Crippen LogP contribution in [0.3, 0.4) is 0 Å². The third-order valence-corrected chi connectivity index (χ3v) is 13.3. The molecule has 324 valence electrons. The molecule has 3 aromatic rings. The first-order valence-corrected chi connectivity index (χ1v) is 22.1. The van der Waals surface area contributed by atoms with Crippen molar-refractivity contribution >= 4 is 76.9 Å². The number of allylic oxidation sites excluding steroid dienone is 1. The van der Waals surface area contributed by atoms with E-state index in [1.54, 1.807) is 6.08 Å². The maximum atomic E-state index is 14.3. The van der Waals surface area contributed by atoms with Crippen LogP contribution < -0.4 is 36.2 Å². The van der Waals surface area contributed by atoms with Crippen LogP contribution in [0.5, 0.6) is 0 Å². The van der Waals surface area contributed by atoms with Gasteiger partial charge in [-0.05, 0) is 73.5 Å². The maximum absolute atomic E-state index is 14.3. The van der Waals surface area contributed by atoms with Crippen molar-refractivity contribution < 1.29 is 29.0 Å². The Morgan fingerprint density at radius 2 is 1.57 bits per heavy atom. The van der Waals surface area contributed by atoms with Crippen LogP contribution in [-0.4, -0.2) is 65.6 Å². The summed E-state index contributed by atoms with van der Waals surface area (Å²) < 4.78 is 11.1. The number of rotatable bonds is 17. The number of hydrogen-bond donors (Lipinski definition) is 1. The topological polar surface area (TPSA) is 146 Å². The van der Waals surface area contributed by atoms with Gasteiger partial charge in [0.15, 0.2) is 5.78 Å². The van der Waals surface area contributed by atoms with Crippen LogP contribution in [0, 0.1) is 49.4 Å². The first kappa shape index (κ1) is 47.8. The molecule has 0 spiro atoms. The standard InChI is InChI=1S/C50H64N4O6.Mg/c1-11-33-30(7)37-23-38-31(8)35(19-20-43(56)60-22-21-29(6)18-14-17-28(5)16-13-15-27(3)4)47(53-38)45-46(50(58)59-10)49(57)44-32(9)39(54-48(44)45)24-41-34(12-2)36(26-55)42(52-41)25-40(33)51-37;/h11,23-29,31,35,46-47H,1,12-22H2,2-10H3,(H,55,57);/q-4;+2/b38-23-,42-25-;/t28-,29?,31-,35-,46+,47?;/m0./s1. The molecule has 0 saturated carbocycles. The fraction of sp³-hybridized carbons (Fsp3) is 0.540. The zero-order chi connectivity index (χ0) is 43.4. The van der Waals surface area contributed by atoms with Crippen LogP contribution in [0.15, 0.2) is 12.3 Å². The van der Waals surface area contributed by atoms with E-state index >= 15 is 0 Å². The molecule has 0 amide bonds. The van der Waals surface area contributed by atoms with Crippen molar-refractivity contribution in [3.63, 3.8) is 0 Å². The van der Waals surface area contributed by atoms with Gasteiger partial charge in [-0.3, -0.25) is 14.4 Å². The van der Waals surface area contributed by atoms with Crippen LogP contribution in [-0.2, 0) is 25.5 Å². The molecule has 8 bridgehead atoms. The molecule has 5 heterocycles. The Balaban J connectivity index is 0.00000704. The number of methoxy groups -OCH3 is 1. The molecule has 10 nitrogen and oxygen atoms in total. The van der Waals surface area contributed by atoms with Gasteiger partial charge in [-0.1, -0.05) is 139 Å². The third kappa shape index (κ3) is 10.0. The Morgan fingerprint density at radius 3 is 2.21 bits per heavy atom. The summed E-state index contributed by atoms with van der Waals surface area (Å²) in [4.78, 5) is 56.3. The van der Waals surface area contributed by atoms with Gasteiger partial charge in [-0.2, -0.15) is 5.70 Å². The van der Waals surface area contributed by atoms with E-state index in [9.17, 15) is 19.5 Å². The first-order chi connectivity index (χ1) is 28.7. The summed E-state index contributed by atoms with van der Waals surface area (Å²) in [6.45, 7) is 21.5. The van der Waals surface area contributed by atoms with Gasteiger partial charge in [0.05, 0.1) is 20.0 Å². The van der Waals surface area contributed by atoms with Crippen LogP contribution in [0.4, 0.5) is 0 Å². The van der Waals surface area contributed by atoms with E-state index in [4.69, 9.17) is 29.7 Å². The van der Waals surface area contributed by atoms with Gasteiger partial charge in [0.2, 0.25) is 0 Å². The van der Waals surface area contributed by atoms with Gasteiger partial charge in [0, 0.05) is 12.0 Å². The molecule has 0 aromatic carbocycles. The molecule has 2 unspecified atom stereocenters. The Morgan fingerprint density at radius 1 is 0.902 bits per heavy atom. The van der Waals surface area contributed by atoms with E-state index in [-0.39, 0.29) is 53.1 Å². The molecule has 3 aromatic heterocycles. The van der Waals surface area contributed by atoms with Gasteiger partial charge < -0.3 is 34.8 Å². The van der Waals surface area contributed by atoms with Crippen LogP contribution in [0.1, 0.15) is 149 Å². The number of carbonyl (C=O) groups is 3. The molecular weight excluding hydrogens is 777 g/mol. The van der Waals surface area contributed by atoms with Gasteiger partial charge in [0.1, 0.15) is 5.92 Å². The number of fused-ring (bicyclic) bond motifs is 8. The first-order valence-electron chi connectivity index (χ1n) is 22.1. The van der Waals surface area contributed by atoms with Crippen LogP contribution >= 0.6 is 0 Å². The number of aromatic nitrogens is 3. The van der Waals surface area contributed by atoms with Gasteiger partial charge in [-0.15, -0.1) is 33.1 Å². The minimum absolute atomic E-state index is 0. The molecule has 1 saturated heterocycles. The number of aliphatic hydroxyl groups is 1. The smallest absolute Gasteiger partial charge is 0.681 e. The summed E-state index contributed by atoms with van der Waals surface area (Å²) >= 11 is 0. The number of carbonyl (C=O) groups excluding carboxylic acids is 3. The zero-order valence-electron chi connectivity index (χ0n) is 37.9. The molecule has 1 N–H and O–H groups in total. The average molecular weight is 841 g/mol. The van der Waals surface area contributed by atoms with Crippen molar-refractivity contribution in [3.8, 4) is 0 Å². The van der Waals surface area contributed by atoms with Crippen molar-refractivity contribution in [3.05, 3.63) is 83.8 Å². The summed E-state index contributed by atoms with van der Waals surface area (Å²) in [6.07, 6.45) is 17.9. The van der Waals surface area contributed by atoms with E-state index in [2.05, 4.69) is 41.2 Å². The Hall–Kier alpha value is -4.22. The molecule has 61 heavy (non-hydrogen) atoms. The summed E-state index contributed by atoms with van der Waals surface area (Å²) in [5.74, 6) is -0.969. The Kier molecular flexibility index (Phi) is 16.3. The second-order valence-electron chi connectivity index (χ2n) is 17.9. The fourth-order valence-corrected chi connectivity index (χ4v) is 9.56. The maximum Gasteiger partial charge on any atom is 2.00 e. The number of esters is 2. The summed E-state index contributed by atoms with van der Waals surface area (Å²) in [5, 5.41) is 17.8. The molecular formula is C50H64MgN4O6-2. The molecule has 1 aliphatic carbocycles. The molecule has 3 aliphatic rings. The second-order valence-corrected chi connectivity index (χ2v) is 17.9. The van der Waals surface area contributed by atoms with Crippen molar-refractivity contribution in [1.29, 1.82) is 0 Å². The van der Waals surface area contributed by atoms with Gasteiger partial charge in [-0.25, -0.2) is 0 Å². The van der Waals surface area contributed by atoms with Crippen molar-refractivity contribution in [2.75, 3.05) is 13.7 Å². The normalized spacial score (nSPS) is 22.3. The van der Waals surface area contributed by atoms with Gasteiger partial charge >= 0.3 is 35.0 Å². The minimum Gasteiger partial charge on any atom is -0.681 e. The van der Waals surface area contributed by atoms with Crippen molar-refractivity contribution in [1.82, 2.24) is 15.0 Å². The predicted molar refractivity (Wildman–Crippen MR) is 243 cm³/mol. The Labute approximate surface area is 377 Å². The average Bonchev–Trinajstić information content (AvgIpc) is 3.96. The predicted octanol–water partition coefficient (Wildman–Crippen LogP) is 6.43. The molecule has 0 radical (unpaired) electrons. The monoisotopic (exact) mass is 840 g/mol. The van der Waals surface area contributed by atoms with Crippen molar-refractivity contribution in [2.45, 2.75) is 126 Å². The number of nitrogens with zero attached hydrogens (tertiary/aromatic N) is 4. The van der Waals surface area contributed by atoms with E-state index in [0.717, 1.165) is 53.3 Å². The second kappa shape index (κ2) is 20.8. The zero-order valence-corrected chi connectivity index (χ0v) is 39.3. The van der Waals surface area contributed by atoms with Crippen LogP contribution in [0.2, 0.25) is 0 Å².